The molecule has 6 heteroatoms. The Morgan fingerprint density at radius 3 is 2.44 bits per heavy atom. The normalized spacial score (nSPS) is 10.5. The molecule has 0 spiro atoms. The summed E-state index contributed by atoms with van der Waals surface area (Å²) in [6.07, 6.45) is 1.49. The van der Waals surface area contributed by atoms with Crippen molar-refractivity contribution in [2.24, 2.45) is 0 Å². The minimum Gasteiger partial charge on any atom is -0.393 e. The molecule has 0 fully saturated rings. The number of rotatable bonds is 6. The van der Waals surface area contributed by atoms with Crippen LogP contribution in [0.4, 0.5) is 27.4 Å². The second-order valence-electron chi connectivity index (χ2n) is 5.52. The van der Waals surface area contributed by atoms with Crippen molar-refractivity contribution in [2.75, 3.05) is 22.5 Å². The number of benzene rings is 2. The summed E-state index contributed by atoms with van der Waals surface area (Å²) in [4.78, 5) is 10.6. The number of anilines is 4. The minimum absolute atomic E-state index is 0.256. The van der Waals surface area contributed by atoms with Crippen LogP contribution in [0.25, 0.3) is 0 Å². The number of nitrogens with zero attached hydrogens (tertiary/aromatic N) is 3. The van der Waals surface area contributed by atoms with E-state index in [9.17, 15) is 4.39 Å². The molecule has 0 aliphatic rings. The van der Waals surface area contributed by atoms with Gasteiger partial charge >= 0.3 is 0 Å². The van der Waals surface area contributed by atoms with Gasteiger partial charge in [0.2, 0.25) is 0 Å². The van der Waals surface area contributed by atoms with Crippen molar-refractivity contribution in [3.05, 3.63) is 72.3 Å². The Balaban J connectivity index is 1.82. The van der Waals surface area contributed by atoms with Gasteiger partial charge in [0.15, 0.2) is 11.6 Å². The summed E-state index contributed by atoms with van der Waals surface area (Å²) >= 11 is 0. The second-order valence-corrected chi connectivity index (χ2v) is 5.52. The summed E-state index contributed by atoms with van der Waals surface area (Å²) in [6.45, 7) is 3.27. The van der Waals surface area contributed by atoms with E-state index in [1.165, 1.54) is 18.5 Å². The first-order chi connectivity index (χ1) is 12.2. The van der Waals surface area contributed by atoms with Crippen molar-refractivity contribution in [1.82, 2.24) is 9.97 Å². The Labute approximate surface area is 146 Å². The van der Waals surface area contributed by atoms with Crippen LogP contribution in [0.3, 0.4) is 0 Å². The second kappa shape index (κ2) is 7.61. The van der Waals surface area contributed by atoms with Crippen molar-refractivity contribution in [2.45, 2.75) is 13.5 Å². The van der Waals surface area contributed by atoms with E-state index in [-0.39, 0.29) is 5.82 Å². The van der Waals surface area contributed by atoms with E-state index in [0.29, 0.717) is 23.9 Å². The maximum absolute atomic E-state index is 13.0. The van der Waals surface area contributed by atoms with Crippen molar-refractivity contribution in [3.63, 3.8) is 0 Å². The summed E-state index contributed by atoms with van der Waals surface area (Å²) in [5, 5.41) is 3.19. The molecule has 5 nitrogen and oxygen atoms in total. The molecule has 0 amide bonds. The van der Waals surface area contributed by atoms with Crippen LogP contribution < -0.4 is 16.0 Å². The quantitative estimate of drug-likeness (QED) is 0.712. The molecule has 0 bridgehead atoms. The molecule has 2 aromatic carbocycles. The Hall–Kier alpha value is -3.15. The summed E-state index contributed by atoms with van der Waals surface area (Å²) in [5.41, 5.74) is 8.73. The SMILES string of the molecule is CCN(c1ccccc1)c1ncnc(NCc2ccc(F)cc2)c1N. The van der Waals surface area contributed by atoms with Crippen LogP contribution in [0.15, 0.2) is 60.9 Å². The number of nitrogen functional groups attached to an aromatic ring is 1. The van der Waals surface area contributed by atoms with Crippen LogP contribution in [-0.4, -0.2) is 16.5 Å². The van der Waals surface area contributed by atoms with E-state index in [1.54, 1.807) is 12.1 Å². The Morgan fingerprint density at radius 1 is 1.04 bits per heavy atom. The number of aromatic nitrogens is 2. The van der Waals surface area contributed by atoms with E-state index >= 15 is 0 Å². The van der Waals surface area contributed by atoms with Gasteiger partial charge in [0, 0.05) is 18.8 Å². The average Bonchev–Trinajstić information content (AvgIpc) is 2.65. The standard InChI is InChI=1S/C19H20FN5/c1-2-25(16-6-4-3-5-7-16)19-17(21)18(23-13-24-19)22-12-14-8-10-15(20)11-9-14/h3-11,13H,2,12,21H2,1H3,(H,22,23,24). The smallest absolute Gasteiger partial charge is 0.161 e. The zero-order valence-corrected chi connectivity index (χ0v) is 14.0. The van der Waals surface area contributed by atoms with Gasteiger partial charge in [-0.05, 0) is 36.8 Å². The number of hydrogen-bond donors (Lipinski definition) is 2. The number of halogens is 1. The molecule has 3 N–H and O–H groups in total. The Morgan fingerprint density at radius 2 is 1.76 bits per heavy atom. The van der Waals surface area contributed by atoms with Crippen LogP contribution >= 0.6 is 0 Å². The molecule has 0 aliphatic heterocycles. The fourth-order valence-corrected chi connectivity index (χ4v) is 2.59. The molecular formula is C19H20FN5. The summed E-state index contributed by atoms with van der Waals surface area (Å²) in [5.74, 6) is 0.961. The Bertz CT molecular complexity index is 821. The van der Waals surface area contributed by atoms with E-state index in [0.717, 1.165) is 17.8 Å². The van der Waals surface area contributed by atoms with Gasteiger partial charge in [0.05, 0.1) is 0 Å². The highest BCUT2D eigenvalue weighted by Gasteiger charge is 2.15. The largest absolute Gasteiger partial charge is 0.393 e. The zero-order chi connectivity index (χ0) is 17.6. The highest BCUT2D eigenvalue weighted by atomic mass is 19.1. The number of hydrogen-bond acceptors (Lipinski definition) is 5. The van der Waals surface area contributed by atoms with Crippen molar-refractivity contribution in [3.8, 4) is 0 Å². The van der Waals surface area contributed by atoms with Gasteiger partial charge in [-0.2, -0.15) is 0 Å². The van der Waals surface area contributed by atoms with Crippen molar-refractivity contribution in [1.29, 1.82) is 0 Å². The summed E-state index contributed by atoms with van der Waals surface area (Å²) in [7, 11) is 0. The molecule has 128 valence electrons. The Kier molecular flexibility index (Phi) is 5.09. The maximum atomic E-state index is 13.0. The van der Waals surface area contributed by atoms with E-state index in [2.05, 4.69) is 15.3 Å². The van der Waals surface area contributed by atoms with Gasteiger partial charge in [0.1, 0.15) is 17.8 Å². The molecule has 0 unspecified atom stereocenters. The monoisotopic (exact) mass is 337 g/mol. The highest BCUT2D eigenvalue weighted by Crippen LogP contribution is 2.31. The lowest BCUT2D eigenvalue weighted by Gasteiger charge is -2.24. The van der Waals surface area contributed by atoms with E-state index < -0.39 is 0 Å². The lowest BCUT2D eigenvalue weighted by atomic mass is 10.2. The molecule has 1 aromatic heterocycles. The molecule has 3 rings (SSSR count). The van der Waals surface area contributed by atoms with Crippen LogP contribution in [0.1, 0.15) is 12.5 Å². The number of nitrogens with one attached hydrogen (secondary N) is 1. The molecular weight excluding hydrogens is 317 g/mol. The topological polar surface area (TPSA) is 67.1 Å². The first-order valence-corrected chi connectivity index (χ1v) is 8.10. The van der Waals surface area contributed by atoms with Gasteiger partial charge in [-0.3, -0.25) is 0 Å². The first kappa shape index (κ1) is 16.7. The van der Waals surface area contributed by atoms with Crippen LogP contribution in [0.2, 0.25) is 0 Å². The fraction of sp³-hybridized carbons (Fsp3) is 0.158. The predicted octanol–water partition coefficient (Wildman–Crippen LogP) is 3.97. The minimum atomic E-state index is -0.256. The summed E-state index contributed by atoms with van der Waals surface area (Å²) < 4.78 is 13.0. The lowest BCUT2D eigenvalue weighted by Crippen LogP contribution is -2.20. The first-order valence-electron chi connectivity index (χ1n) is 8.10. The summed E-state index contributed by atoms with van der Waals surface area (Å²) in [6, 6.07) is 16.3. The van der Waals surface area contributed by atoms with Gasteiger partial charge < -0.3 is 16.0 Å². The number of para-hydroxylation sites is 1. The molecule has 1 heterocycles. The molecule has 3 aromatic rings. The maximum Gasteiger partial charge on any atom is 0.161 e. The molecule has 25 heavy (non-hydrogen) atoms. The third-order valence-corrected chi connectivity index (χ3v) is 3.88. The van der Waals surface area contributed by atoms with Gasteiger partial charge in [-0.25, -0.2) is 14.4 Å². The van der Waals surface area contributed by atoms with Crippen molar-refractivity contribution < 1.29 is 4.39 Å². The van der Waals surface area contributed by atoms with Crippen molar-refractivity contribution >= 4 is 23.0 Å². The lowest BCUT2D eigenvalue weighted by molar-refractivity contribution is 0.627. The van der Waals surface area contributed by atoms with Gasteiger partial charge in [0.25, 0.3) is 0 Å². The molecule has 0 radical (unpaired) electrons. The fourth-order valence-electron chi connectivity index (χ4n) is 2.59. The average molecular weight is 337 g/mol. The van der Waals surface area contributed by atoms with Crippen LogP contribution in [0.5, 0.6) is 0 Å². The molecule has 0 atom stereocenters. The predicted molar refractivity (Wildman–Crippen MR) is 99.3 cm³/mol. The molecule has 0 saturated carbocycles. The third kappa shape index (κ3) is 3.85. The van der Waals surface area contributed by atoms with Crippen LogP contribution in [0, 0.1) is 5.82 Å². The zero-order valence-electron chi connectivity index (χ0n) is 14.0. The van der Waals surface area contributed by atoms with Crippen LogP contribution in [-0.2, 0) is 6.54 Å². The number of nitrogens with two attached hydrogens (primary N) is 1. The van der Waals surface area contributed by atoms with E-state index in [4.69, 9.17) is 5.73 Å². The third-order valence-electron chi connectivity index (χ3n) is 3.88. The van der Waals surface area contributed by atoms with Gasteiger partial charge in [-0.1, -0.05) is 30.3 Å². The van der Waals surface area contributed by atoms with Gasteiger partial charge in [-0.15, -0.1) is 0 Å². The molecule has 0 aliphatic carbocycles. The van der Waals surface area contributed by atoms with E-state index in [1.807, 2.05) is 42.2 Å². The molecule has 0 saturated heterocycles. The highest BCUT2D eigenvalue weighted by molar-refractivity contribution is 5.79.